The number of halogens is 2. The number of piperazine rings is 1. The molecule has 0 bridgehead atoms. The van der Waals surface area contributed by atoms with Gasteiger partial charge in [-0.25, -0.2) is 0 Å². The molecule has 7 rings (SSSR count). The second-order valence-corrected chi connectivity index (χ2v) is 16.6. The number of piperidine rings is 1. The highest BCUT2D eigenvalue weighted by molar-refractivity contribution is 6.37. The van der Waals surface area contributed by atoms with Gasteiger partial charge in [0.2, 0.25) is 17.7 Å². The molecule has 0 aliphatic carbocycles. The van der Waals surface area contributed by atoms with Gasteiger partial charge in [0.25, 0.3) is 11.8 Å². The number of carbonyl (C=O) groups is 5. The molecular formula is C47H51Cl2N7O12. The summed E-state index contributed by atoms with van der Waals surface area (Å²) in [6, 6.07) is 12.6. The van der Waals surface area contributed by atoms with Crippen molar-refractivity contribution in [3.8, 4) is 29.1 Å². The number of hydrogen-bond donors (Lipinski definition) is 2. The Morgan fingerprint density at radius 3 is 2.24 bits per heavy atom. The largest absolute Gasteiger partial charge is 0.495 e. The molecule has 68 heavy (non-hydrogen) atoms. The molecule has 0 saturated carbocycles. The topological polar surface area (TPSA) is 220 Å². The summed E-state index contributed by atoms with van der Waals surface area (Å²) in [7, 11) is 3.05. The minimum atomic E-state index is -1.06. The summed E-state index contributed by atoms with van der Waals surface area (Å²) in [5, 5.41) is 16.7. The van der Waals surface area contributed by atoms with E-state index < -0.39 is 29.7 Å². The molecule has 1 unspecified atom stereocenters. The first-order chi connectivity index (χ1) is 33.0. The monoisotopic (exact) mass is 975 g/mol. The molecule has 21 heteroatoms. The zero-order valence-corrected chi connectivity index (χ0v) is 39.1. The summed E-state index contributed by atoms with van der Waals surface area (Å²) in [5.41, 5.74) is 2.10. The average Bonchev–Trinajstić information content (AvgIpc) is 3.59. The van der Waals surface area contributed by atoms with Crippen molar-refractivity contribution in [2.24, 2.45) is 0 Å². The van der Waals surface area contributed by atoms with Crippen LogP contribution in [0, 0.1) is 11.3 Å². The number of nitrogens with one attached hydrogen (secondary N) is 2. The molecule has 360 valence electrons. The van der Waals surface area contributed by atoms with Gasteiger partial charge in [0.05, 0.1) is 111 Å². The molecule has 0 radical (unpaired) electrons. The van der Waals surface area contributed by atoms with Crippen LogP contribution in [0.1, 0.15) is 52.0 Å². The van der Waals surface area contributed by atoms with Gasteiger partial charge in [0.1, 0.15) is 30.2 Å². The Hall–Kier alpha value is -6.27. The SMILES string of the molecule is COc1cc(Nc2c(C#N)cnc3cc(OCCCN4CCN(C(=O)CCOCCOCCOCCOc5cccc6c5C(=O)N(C5CCC(=O)NC5=O)C6=O)CC4)c(OC)cc23)c(Cl)cc1Cl. The molecule has 4 heterocycles. The summed E-state index contributed by atoms with van der Waals surface area (Å²) in [5.74, 6) is -0.694. The van der Waals surface area contributed by atoms with Crippen molar-refractivity contribution in [2.75, 3.05) is 105 Å². The summed E-state index contributed by atoms with van der Waals surface area (Å²) >= 11 is 12.7. The number of aromatic nitrogens is 1. The number of anilines is 2. The van der Waals surface area contributed by atoms with E-state index in [-0.39, 0.29) is 68.5 Å². The number of nitrogens with zero attached hydrogens (tertiary/aromatic N) is 5. The number of benzene rings is 3. The maximum Gasteiger partial charge on any atom is 0.266 e. The van der Waals surface area contributed by atoms with Gasteiger partial charge in [-0.1, -0.05) is 29.3 Å². The Kier molecular flexibility index (Phi) is 17.3. The molecule has 5 amide bonds. The number of ether oxygens (including phenoxy) is 7. The smallest absolute Gasteiger partial charge is 0.266 e. The molecule has 0 spiro atoms. The highest BCUT2D eigenvalue weighted by atomic mass is 35.5. The van der Waals surface area contributed by atoms with Crippen molar-refractivity contribution in [3.63, 3.8) is 0 Å². The molecular weight excluding hydrogens is 925 g/mol. The number of imide groups is 2. The van der Waals surface area contributed by atoms with Crippen molar-refractivity contribution in [1.29, 1.82) is 5.26 Å². The van der Waals surface area contributed by atoms with Crippen LogP contribution in [0.15, 0.2) is 48.7 Å². The first-order valence-electron chi connectivity index (χ1n) is 22.1. The Morgan fingerprint density at radius 1 is 0.824 bits per heavy atom. The van der Waals surface area contributed by atoms with E-state index in [0.29, 0.717) is 94.7 Å². The van der Waals surface area contributed by atoms with Gasteiger partial charge in [0.15, 0.2) is 11.5 Å². The van der Waals surface area contributed by atoms with E-state index in [0.717, 1.165) is 31.0 Å². The third-order valence-corrected chi connectivity index (χ3v) is 12.1. The standard InChI is InChI=1S/C47H51Cl2N7O12/c1-62-38-26-35(32(48)24-33(38)49)52-44-29(27-50)28-51-34-25-40(39(63-2)23-31(34)44)67-15-4-10-54-11-13-55(14-12-54)42(58)9-16-64-17-18-65-19-20-66-21-22-68-37-6-3-5-30-43(37)47(61)56(46(30)60)36-7-8-41(57)53-45(36)59/h3,5-6,23-26,28,36H,4,7-22H2,1-2H3,(H,51,52)(H,53,57,59). The van der Waals surface area contributed by atoms with Crippen LogP contribution in [0.4, 0.5) is 11.4 Å². The molecule has 4 aromatic rings. The zero-order chi connectivity index (χ0) is 48.2. The number of rotatable bonds is 23. The maximum atomic E-state index is 13.2. The van der Waals surface area contributed by atoms with Crippen molar-refractivity contribution in [1.82, 2.24) is 25.0 Å². The number of amides is 5. The summed E-state index contributed by atoms with van der Waals surface area (Å²) in [6.07, 6.45) is 2.61. The van der Waals surface area contributed by atoms with Crippen molar-refractivity contribution in [3.05, 3.63) is 75.4 Å². The van der Waals surface area contributed by atoms with E-state index in [1.165, 1.54) is 19.4 Å². The maximum absolute atomic E-state index is 13.2. The minimum absolute atomic E-state index is 0.0349. The lowest BCUT2D eigenvalue weighted by atomic mass is 10.0. The molecule has 3 aliphatic heterocycles. The van der Waals surface area contributed by atoms with Gasteiger partial charge in [0, 0.05) is 62.9 Å². The van der Waals surface area contributed by atoms with Crippen LogP contribution in [0.25, 0.3) is 10.9 Å². The number of methoxy groups -OCH3 is 2. The van der Waals surface area contributed by atoms with E-state index in [1.807, 2.05) is 4.90 Å². The quantitative estimate of drug-likeness (QED) is 0.0737. The Balaban J connectivity index is 0.733. The lowest BCUT2D eigenvalue weighted by Gasteiger charge is -2.34. The molecule has 1 aromatic heterocycles. The van der Waals surface area contributed by atoms with Crippen molar-refractivity contribution < 1.29 is 57.1 Å². The fraction of sp³-hybridized carbons (Fsp3) is 0.426. The van der Waals surface area contributed by atoms with Crippen LogP contribution < -0.4 is 29.6 Å². The van der Waals surface area contributed by atoms with E-state index in [9.17, 15) is 29.2 Å². The molecule has 1 atom stereocenters. The zero-order valence-electron chi connectivity index (χ0n) is 37.6. The van der Waals surface area contributed by atoms with Crippen LogP contribution in [0.3, 0.4) is 0 Å². The van der Waals surface area contributed by atoms with Gasteiger partial charge in [-0.2, -0.15) is 5.26 Å². The molecule has 2 saturated heterocycles. The highest BCUT2D eigenvalue weighted by Crippen LogP contribution is 2.41. The predicted octanol–water partition coefficient (Wildman–Crippen LogP) is 5.01. The molecule has 19 nitrogen and oxygen atoms in total. The molecule has 3 aliphatic rings. The van der Waals surface area contributed by atoms with Gasteiger partial charge in [-0.15, -0.1) is 0 Å². The Labute approximate surface area is 402 Å². The second-order valence-electron chi connectivity index (χ2n) is 15.8. The lowest BCUT2D eigenvalue weighted by Crippen LogP contribution is -2.54. The van der Waals surface area contributed by atoms with Gasteiger partial charge >= 0.3 is 0 Å². The van der Waals surface area contributed by atoms with Crippen LogP contribution in [0.5, 0.6) is 23.0 Å². The van der Waals surface area contributed by atoms with Gasteiger partial charge in [-0.3, -0.25) is 44.1 Å². The normalized spacial score (nSPS) is 16.1. The Morgan fingerprint density at radius 2 is 1.53 bits per heavy atom. The average molecular weight is 977 g/mol. The van der Waals surface area contributed by atoms with Crippen molar-refractivity contribution in [2.45, 2.75) is 31.7 Å². The predicted molar refractivity (Wildman–Crippen MR) is 248 cm³/mol. The number of hydrogen-bond acceptors (Lipinski definition) is 16. The highest BCUT2D eigenvalue weighted by Gasteiger charge is 2.46. The third kappa shape index (κ3) is 11.9. The fourth-order valence-corrected chi connectivity index (χ4v) is 8.48. The number of pyridine rings is 1. The third-order valence-electron chi connectivity index (χ3n) is 11.5. The minimum Gasteiger partial charge on any atom is -0.495 e. The number of fused-ring (bicyclic) bond motifs is 2. The van der Waals surface area contributed by atoms with Crippen molar-refractivity contribution >= 4 is 75.0 Å². The summed E-state index contributed by atoms with van der Waals surface area (Å²) in [4.78, 5) is 72.5. The molecule has 3 aromatic carbocycles. The second kappa shape index (κ2) is 23.6. The van der Waals surface area contributed by atoms with E-state index in [1.54, 1.807) is 43.5 Å². The number of carbonyl (C=O) groups excluding carboxylic acids is 5. The van der Waals surface area contributed by atoms with Gasteiger partial charge < -0.3 is 43.4 Å². The van der Waals surface area contributed by atoms with Crippen LogP contribution in [0.2, 0.25) is 10.0 Å². The van der Waals surface area contributed by atoms with E-state index >= 15 is 0 Å². The molecule has 2 fully saturated rings. The Bertz CT molecular complexity index is 2570. The van der Waals surface area contributed by atoms with Crippen LogP contribution >= 0.6 is 23.2 Å². The van der Waals surface area contributed by atoms with Crippen LogP contribution in [-0.2, 0) is 28.6 Å². The lowest BCUT2D eigenvalue weighted by molar-refractivity contribution is -0.136. The first-order valence-corrected chi connectivity index (χ1v) is 22.8. The first kappa shape index (κ1) is 49.6. The van der Waals surface area contributed by atoms with E-state index in [4.69, 9.17) is 56.4 Å². The fourth-order valence-electron chi connectivity index (χ4n) is 7.97. The summed E-state index contributed by atoms with van der Waals surface area (Å²) < 4.78 is 39.7. The van der Waals surface area contributed by atoms with Crippen LogP contribution in [-0.4, -0.2) is 155 Å². The van der Waals surface area contributed by atoms with E-state index in [2.05, 4.69) is 26.6 Å². The summed E-state index contributed by atoms with van der Waals surface area (Å²) in [6.45, 7) is 5.80. The van der Waals surface area contributed by atoms with Gasteiger partial charge in [-0.05, 0) is 37.1 Å². The number of nitriles is 1. The molecule has 2 N–H and O–H groups in total.